The van der Waals surface area contributed by atoms with Gasteiger partial charge < -0.3 is 43.7 Å². The Kier molecular flexibility index (Phi) is 4.87. The molecule has 2 aliphatic carbocycles. The number of carbonyl (C=O) groups is 3. The van der Waals surface area contributed by atoms with Crippen molar-refractivity contribution >= 4 is 17.9 Å². The summed E-state index contributed by atoms with van der Waals surface area (Å²) in [5.74, 6) is -6.60. The highest BCUT2D eigenvalue weighted by Gasteiger charge is 3.05. The summed E-state index contributed by atoms with van der Waals surface area (Å²) in [5, 5.41) is 36.8. The fourth-order valence-electron chi connectivity index (χ4n) is 9.86. The lowest BCUT2D eigenvalue weighted by Crippen LogP contribution is -2.68. The number of esters is 3. The Bertz CT molecular complexity index is 1290. The number of ether oxygens (including phenoxy) is 6. The summed E-state index contributed by atoms with van der Waals surface area (Å²) < 4.78 is 36.7. The van der Waals surface area contributed by atoms with Gasteiger partial charge in [0.15, 0.2) is 29.9 Å². The first-order valence-electron chi connectivity index (χ1n) is 13.6. The molecule has 7 rings (SSSR count). The van der Waals surface area contributed by atoms with Crippen molar-refractivity contribution in [2.24, 2.45) is 28.1 Å². The van der Waals surface area contributed by atoms with Gasteiger partial charge in [0.05, 0.1) is 23.4 Å². The third kappa shape index (κ3) is 2.33. The van der Waals surface area contributed by atoms with Crippen LogP contribution >= 0.6 is 0 Å². The molecule has 0 amide bonds. The third-order valence-corrected chi connectivity index (χ3v) is 10.8. The van der Waals surface area contributed by atoms with E-state index in [4.69, 9.17) is 28.4 Å². The van der Waals surface area contributed by atoms with Gasteiger partial charge in [-0.15, -0.1) is 0 Å². The first-order chi connectivity index (χ1) is 18.6. The number of hydrogen-bond acceptors (Lipinski definition) is 12. The first kappa shape index (κ1) is 26.5. The van der Waals surface area contributed by atoms with Crippen molar-refractivity contribution in [3.63, 3.8) is 0 Å². The molecule has 7 aliphatic rings. The van der Waals surface area contributed by atoms with E-state index in [1.54, 1.807) is 12.2 Å². The molecule has 1 unspecified atom stereocenters. The molecule has 5 heterocycles. The van der Waals surface area contributed by atoms with E-state index >= 15 is 0 Å². The van der Waals surface area contributed by atoms with Gasteiger partial charge in [-0.05, 0) is 17.9 Å². The molecule has 3 N–H and O–H groups in total. The van der Waals surface area contributed by atoms with Gasteiger partial charge in [0.25, 0.3) is 0 Å². The SMILES string of the molecule is C=CC1=CC[C@]2(O)OC3O[C@]45C(=O)O[C@@H]6[C@H](OC(C)=O)[C@@H](C(C)(C)C)[C@@]3([C@H]2OC1)[C@@]64[C@@H](O)[C@@H]1OC(=O)[C@@H](C)[C@@]15O. The summed E-state index contributed by atoms with van der Waals surface area (Å²) in [5.41, 5.74) is -8.35. The van der Waals surface area contributed by atoms with Crippen molar-refractivity contribution in [1.82, 2.24) is 0 Å². The number of aliphatic hydroxyl groups is 3. The van der Waals surface area contributed by atoms with E-state index in [0.29, 0.717) is 5.57 Å². The minimum absolute atomic E-state index is 0.0150. The average molecular weight is 563 g/mol. The molecule has 12 nitrogen and oxygen atoms in total. The van der Waals surface area contributed by atoms with E-state index in [1.165, 1.54) is 13.8 Å². The smallest absolute Gasteiger partial charge is 0.343 e. The number of rotatable bonds is 2. The van der Waals surface area contributed by atoms with E-state index < -0.39 is 99.8 Å². The molecule has 0 aromatic rings. The molecule has 6 fully saturated rings. The highest BCUT2D eigenvalue weighted by atomic mass is 16.8. The number of fused-ring (bicyclic) bond motifs is 2. The summed E-state index contributed by atoms with van der Waals surface area (Å²) >= 11 is 0. The molecular weight excluding hydrogens is 528 g/mol. The molecule has 0 aromatic heterocycles. The molecule has 13 atom stereocenters. The highest BCUT2D eigenvalue weighted by Crippen LogP contribution is 2.86. The Morgan fingerprint density at radius 2 is 1.88 bits per heavy atom. The standard InChI is InChI=1S/C28H34O12/c1-7-13-8-9-24(33)20(35-10-13)25-15(23(4,5)6)14(36-12(3)29)17-26(25)16(30)18-27(34,11(2)19(31)37-18)28(26,21(32)38-17)40-22(25)39-24/h7-8,11,14-18,20,22,30,33-34H,1,9-10H2,2-6H3/t11-,14-,15+,16+,17-,18+,20+,22?,24+,25+,26-,27-,28-/m1/s1. The van der Waals surface area contributed by atoms with Crippen LogP contribution in [0.4, 0.5) is 0 Å². The second kappa shape index (κ2) is 7.34. The maximum absolute atomic E-state index is 14.1. The van der Waals surface area contributed by atoms with Gasteiger partial charge in [0, 0.05) is 19.3 Å². The van der Waals surface area contributed by atoms with E-state index in [0.717, 1.165) is 0 Å². The van der Waals surface area contributed by atoms with E-state index in [-0.39, 0.29) is 13.0 Å². The summed E-state index contributed by atoms with van der Waals surface area (Å²) in [4.78, 5) is 39.4. The Hall–Kier alpha value is -2.35. The zero-order chi connectivity index (χ0) is 29.0. The maximum atomic E-state index is 14.1. The molecule has 0 radical (unpaired) electrons. The molecule has 5 aliphatic heterocycles. The lowest BCUT2D eigenvalue weighted by Gasteiger charge is -2.50. The summed E-state index contributed by atoms with van der Waals surface area (Å²) in [6.07, 6.45) is -5.22. The largest absolute Gasteiger partial charge is 0.458 e. The molecule has 0 aromatic carbocycles. The fraction of sp³-hybridized carbons (Fsp3) is 0.750. The van der Waals surface area contributed by atoms with Gasteiger partial charge >= 0.3 is 17.9 Å². The van der Waals surface area contributed by atoms with Crippen LogP contribution in [-0.4, -0.2) is 93.6 Å². The van der Waals surface area contributed by atoms with E-state index in [2.05, 4.69) is 6.58 Å². The number of carbonyl (C=O) groups excluding carboxylic acids is 3. The molecular formula is C28H34O12. The Morgan fingerprint density at radius 3 is 2.50 bits per heavy atom. The van der Waals surface area contributed by atoms with Gasteiger partial charge in [-0.25, -0.2) is 4.79 Å². The summed E-state index contributed by atoms with van der Waals surface area (Å²) in [6, 6.07) is 0. The molecule has 0 bridgehead atoms. The lowest BCUT2D eigenvalue weighted by molar-refractivity contribution is -0.301. The summed E-state index contributed by atoms with van der Waals surface area (Å²) in [7, 11) is 0. The minimum atomic E-state index is -2.37. The number of aliphatic hydroxyl groups excluding tert-OH is 1. The van der Waals surface area contributed by atoms with Gasteiger partial charge in [0.1, 0.15) is 18.3 Å². The van der Waals surface area contributed by atoms with Crippen LogP contribution < -0.4 is 0 Å². The average Bonchev–Trinajstić information content (AvgIpc) is 3.51. The predicted octanol–water partition coefficient (Wildman–Crippen LogP) is -0.125. The first-order valence-corrected chi connectivity index (χ1v) is 13.6. The quantitative estimate of drug-likeness (QED) is 0.302. The zero-order valence-electron chi connectivity index (χ0n) is 22.9. The fourth-order valence-corrected chi connectivity index (χ4v) is 9.86. The second-order valence-electron chi connectivity index (χ2n) is 13.4. The molecule has 2 saturated carbocycles. The molecule has 40 heavy (non-hydrogen) atoms. The topological polar surface area (TPSA) is 167 Å². The van der Waals surface area contributed by atoms with Crippen LogP contribution in [0, 0.1) is 28.1 Å². The van der Waals surface area contributed by atoms with Crippen LogP contribution in [-0.2, 0) is 42.8 Å². The van der Waals surface area contributed by atoms with Gasteiger partial charge in [0.2, 0.25) is 5.60 Å². The van der Waals surface area contributed by atoms with E-state index in [9.17, 15) is 29.7 Å². The molecule has 12 heteroatoms. The van der Waals surface area contributed by atoms with Crippen LogP contribution in [0.2, 0.25) is 0 Å². The Morgan fingerprint density at radius 1 is 1.18 bits per heavy atom. The number of hydrogen-bond donors (Lipinski definition) is 3. The third-order valence-electron chi connectivity index (χ3n) is 10.8. The van der Waals surface area contributed by atoms with Crippen molar-refractivity contribution in [2.45, 2.75) is 94.8 Å². The zero-order valence-corrected chi connectivity index (χ0v) is 22.9. The van der Waals surface area contributed by atoms with Gasteiger partial charge in [-0.3, -0.25) is 9.59 Å². The predicted molar refractivity (Wildman–Crippen MR) is 130 cm³/mol. The Labute approximate surface area is 230 Å². The van der Waals surface area contributed by atoms with Crippen LogP contribution in [0.1, 0.15) is 41.0 Å². The lowest BCUT2D eigenvalue weighted by atomic mass is 9.50. The van der Waals surface area contributed by atoms with Crippen LogP contribution in [0.5, 0.6) is 0 Å². The maximum Gasteiger partial charge on any atom is 0.343 e. The van der Waals surface area contributed by atoms with Crippen molar-refractivity contribution in [2.75, 3.05) is 6.61 Å². The highest BCUT2D eigenvalue weighted by molar-refractivity contribution is 5.93. The molecule has 4 saturated heterocycles. The van der Waals surface area contributed by atoms with Crippen molar-refractivity contribution in [1.29, 1.82) is 0 Å². The van der Waals surface area contributed by atoms with Crippen molar-refractivity contribution in [3.05, 3.63) is 24.3 Å². The van der Waals surface area contributed by atoms with Crippen LogP contribution in [0.3, 0.4) is 0 Å². The molecule has 2 spiro atoms. The Balaban J connectivity index is 1.58. The van der Waals surface area contributed by atoms with Crippen LogP contribution in [0.25, 0.3) is 0 Å². The normalized spacial score (nSPS) is 55.4. The van der Waals surface area contributed by atoms with Crippen molar-refractivity contribution in [3.8, 4) is 0 Å². The van der Waals surface area contributed by atoms with Gasteiger partial charge in [-0.2, -0.15) is 0 Å². The summed E-state index contributed by atoms with van der Waals surface area (Å²) in [6.45, 7) is 12.1. The van der Waals surface area contributed by atoms with Gasteiger partial charge in [-0.1, -0.05) is 39.5 Å². The van der Waals surface area contributed by atoms with E-state index in [1.807, 2.05) is 20.8 Å². The molecule has 218 valence electrons. The monoisotopic (exact) mass is 562 g/mol. The second-order valence-corrected chi connectivity index (χ2v) is 13.4. The minimum Gasteiger partial charge on any atom is -0.458 e. The van der Waals surface area contributed by atoms with Crippen molar-refractivity contribution < 1.29 is 58.1 Å². The van der Waals surface area contributed by atoms with Crippen LogP contribution in [0.15, 0.2) is 24.3 Å².